The molecular formula is C14H19NO4. The first kappa shape index (κ1) is 13.7. The third kappa shape index (κ3) is 3.62. The zero-order valence-corrected chi connectivity index (χ0v) is 10.9. The summed E-state index contributed by atoms with van der Waals surface area (Å²) >= 11 is 0. The van der Waals surface area contributed by atoms with Gasteiger partial charge in [0.05, 0.1) is 0 Å². The minimum absolute atomic E-state index is 0.0905. The number of aryl methyl sites for hydroxylation is 1. The minimum Gasteiger partial charge on any atom is -0.460 e. The van der Waals surface area contributed by atoms with Gasteiger partial charge in [0, 0.05) is 12.1 Å². The molecular weight excluding hydrogens is 246 g/mol. The van der Waals surface area contributed by atoms with Crippen LogP contribution in [0.25, 0.3) is 0 Å². The van der Waals surface area contributed by atoms with Gasteiger partial charge in [-0.05, 0) is 12.0 Å². The van der Waals surface area contributed by atoms with Gasteiger partial charge in [0.2, 0.25) is 0 Å². The molecule has 0 aromatic heterocycles. The minimum atomic E-state index is -0.701. The smallest absolute Gasteiger partial charge is 0.319 e. The van der Waals surface area contributed by atoms with Crippen molar-refractivity contribution in [3.05, 3.63) is 47.6 Å². The average Bonchev–Trinajstić information content (AvgIpc) is 2.93. The zero-order valence-electron chi connectivity index (χ0n) is 10.9. The maximum atomic E-state index is 9.29. The lowest BCUT2D eigenvalue weighted by molar-refractivity contribution is -0.0817. The van der Waals surface area contributed by atoms with Gasteiger partial charge in [-0.15, -0.1) is 0 Å². The Morgan fingerprint density at radius 1 is 1.37 bits per heavy atom. The number of hydrogen-bond acceptors (Lipinski definition) is 5. The molecule has 5 nitrogen and oxygen atoms in total. The van der Waals surface area contributed by atoms with Crippen molar-refractivity contribution >= 4 is 0 Å². The van der Waals surface area contributed by atoms with Crippen LogP contribution in [-0.4, -0.2) is 24.4 Å². The molecule has 1 unspecified atom stereocenters. The Bertz CT molecular complexity index is 430. The van der Waals surface area contributed by atoms with E-state index in [0.717, 1.165) is 12.0 Å². The van der Waals surface area contributed by atoms with Crippen LogP contribution in [0.4, 0.5) is 0 Å². The predicted molar refractivity (Wildman–Crippen MR) is 69.8 cm³/mol. The fourth-order valence-electron chi connectivity index (χ4n) is 1.65. The van der Waals surface area contributed by atoms with Crippen molar-refractivity contribution in [2.45, 2.75) is 25.7 Å². The lowest BCUT2D eigenvalue weighted by atomic mass is 10.1. The van der Waals surface area contributed by atoms with Crippen LogP contribution < -0.4 is 5.73 Å². The summed E-state index contributed by atoms with van der Waals surface area (Å²) in [5.74, 6) is 0.261. The largest absolute Gasteiger partial charge is 0.460 e. The Morgan fingerprint density at radius 3 is 2.74 bits per heavy atom. The van der Waals surface area contributed by atoms with Crippen LogP contribution in [0.15, 0.2) is 36.5 Å². The van der Waals surface area contributed by atoms with Crippen LogP contribution in [0, 0.1) is 0 Å². The van der Waals surface area contributed by atoms with Crippen LogP contribution in [0.1, 0.15) is 24.3 Å². The maximum absolute atomic E-state index is 9.29. The van der Waals surface area contributed by atoms with E-state index >= 15 is 0 Å². The molecule has 0 radical (unpaired) electrons. The van der Waals surface area contributed by atoms with Gasteiger partial charge in [0.1, 0.15) is 12.7 Å². The van der Waals surface area contributed by atoms with Crippen LogP contribution in [0.5, 0.6) is 0 Å². The van der Waals surface area contributed by atoms with Gasteiger partial charge in [0.15, 0.2) is 6.26 Å². The van der Waals surface area contributed by atoms with E-state index in [1.54, 1.807) is 0 Å². The van der Waals surface area contributed by atoms with E-state index in [1.165, 1.54) is 11.8 Å². The van der Waals surface area contributed by atoms with E-state index in [0.29, 0.717) is 0 Å². The number of rotatable bonds is 6. The summed E-state index contributed by atoms with van der Waals surface area (Å²) in [6.45, 7) is 2.34. The fourth-order valence-corrected chi connectivity index (χ4v) is 1.65. The molecule has 2 rings (SSSR count). The van der Waals surface area contributed by atoms with Crippen molar-refractivity contribution in [3.63, 3.8) is 0 Å². The van der Waals surface area contributed by atoms with Crippen molar-refractivity contribution in [2.75, 3.05) is 13.2 Å². The molecule has 2 atom stereocenters. The first-order chi connectivity index (χ1) is 9.22. The maximum Gasteiger partial charge on any atom is 0.319 e. The lowest BCUT2D eigenvalue weighted by Gasteiger charge is -2.13. The molecule has 0 spiro atoms. The molecule has 0 saturated carbocycles. The Labute approximate surface area is 112 Å². The van der Waals surface area contributed by atoms with E-state index in [2.05, 4.69) is 6.92 Å². The number of nitrogens with two attached hydrogens (primary N) is 1. The second-order valence-electron chi connectivity index (χ2n) is 4.32. The van der Waals surface area contributed by atoms with Gasteiger partial charge in [0.25, 0.3) is 6.29 Å². The van der Waals surface area contributed by atoms with E-state index < -0.39 is 12.4 Å². The Morgan fingerprint density at radius 2 is 2.11 bits per heavy atom. The second kappa shape index (κ2) is 6.45. The van der Waals surface area contributed by atoms with E-state index in [1.807, 2.05) is 24.3 Å². The van der Waals surface area contributed by atoms with Gasteiger partial charge in [-0.2, -0.15) is 0 Å². The molecule has 1 aromatic rings. The first-order valence-electron chi connectivity index (χ1n) is 6.35. The number of hydrogen-bond donors (Lipinski definition) is 2. The molecule has 1 aliphatic rings. The van der Waals surface area contributed by atoms with Crippen LogP contribution in [0.2, 0.25) is 0 Å². The van der Waals surface area contributed by atoms with Gasteiger partial charge < -0.3 is 25.1 Å². The number of aliphatic hydroxyl groups excluding tert-OH is 1. The van der Waals surface area contributed by atoms with E-state index in [4.69, 9.17) is 19.9 Å². The summed E-state index contributed by atoms with van der Waals surface area (Å²) in [4.78, 5) is 0. The lowest BCUT2D eigenvalue weighted by Crippen LogP contribution is -2.25. The highest BCUT2D eigenvalue weighted by atomic mass is 16.8. The Kier molecular flexibility index (Phi) is 4.65. The molecule has 0 amide bonds. The van der Waals surface area contributed by atoms with Crippen LogP contribution in [-0.2, 0) is 20.6 Å². The molecule has 0 saturated heterocycles. The summed E-state index contributed by atoms with van der Waals surface area (Å²) in [5.41, 5.74) is 7.46. The molecule has 0 bridgehead atoms. The predicted octanol–water partition coefficient (Wildman–Crippen LogP) is 1.43. The third-order valence-electron chi connectivity index (χ3n) is 2.86. The molecule has 0 fully saturated rings. The molecule has 3 N–H and O–H groups in total. The third-order valence-corrected chi connectivity index (χ3v) is 2.86. The standard InChI is InChI=1S/C14H19NO4/c1-2-10-3-5-11(6-4-10)14-18-9-13(19-14)17-8-12(16)7-15/h3-6,9,12,14,16H,2,7-8,15H2,1H3/t12-,14?/m1/s1. The highest BCUT2D eigenvalue weighted by molar-refractivity contribution is 5.24. The monoisotopic (exact) mass is 265 g/mol. The summed E-state index contributed by atoms with van der Waals surface area (Å²) < 4.78 is 16.1. The van der Waals surface area contributed by atoms with Crippen molar-refractivity contribution < 1.29 is 19.3 Å². The highest BCUT2D eigenvalue weighted by Crippen LogP contribution is 2.29. The van der Waals surface area contributed by atoms with Gasteiger partial charge in [-0.3, -0.25) is 0 Å². The molecule has 1 aromatic carbocycles. The summed E-state index contributed by atoms with van der Waals surface area (Å²) in [6.07, 6.45) is 1.21. The van der Waals surface area contributed by atoms with E-state index in [9.17, 15) is 5.11 Å². The Balaban J connectivity index is 1.85. The molecule has 19 heavy (non-hydrogen) atoms. The quantitative estimate of drug-likeness (QED) is 0.814. The average molecular weight is 265 g/mol. The number of ether oxygens (including phenoxy) is 3. The summed E-state index contributed by atoms with van der Waals surface area (Å²) in [5, 5.41) is 9.29. The molecule has 104 valence electrons. The SMILES string of the molecule is CCc1ccc(C2OC=C(OC[C@H](O)CN)O2)cc1. The summed E-state index contributed by atoms with van der Waals surface area (Å²) in [6, 6.07) is 8.02. The molecule has 0 aliphatic carbocycles. The van der Waals surface area contributed by atoms with Crippen LogP contribution >= 0.6 is 0 Å². The number of aliphatic hydroxyl groups is 1. The van der Waals surface area contributed by atoms with Gasteiger partial charge in [-0.25, -0.2) is 0 Å². The van der Waals surface area contributed by atoms with E-state index in [-0.39, 0.29) is 19.1 Å². The normalized spacial score (nSPS) is 19.3. The Hall–Kier alpha value is -1.72. The first-order valence-corrected chi connectivity index (χ1v) is 6.35. The molecule has 5 heteroatoms. The molecule has 1 aliphatic heterocycles. The fraction of sp³-hybridized carbons (Fsp3) is 0.429. The topological polar surface area (TPSA) is 73.9 Å². The van der Waals surface area contributed by atoms with Crippen molar-refractivity contribution in [2.24, 2.45) is 5.73 Å². The van der Waals surface area contributed by atoms with Crippen LogP contribution in [0.3, 0.4) is 0 Å². The molecule has 1 heterocycles. The van der Waals surface area contributed by atoms with Crippen molar-refractivity contribution in [1.82, 2.24) is 0 Å². The summed E-state index contributed by atoms with van der Waals surface area (Å²) in [7, 11) is 0. The van der Waals surface area contributed by atoms with Crippen molar-refractivity contribution in [3.8, 4) is 0 Å². The van der Waals surface area contributed by atoms with Gasteiger partial charge in [-0.1, -0.05) is 31.2 Å². The van der Waals surface area contributed by atoms with Crippen molar-refractivity contribution in [1.29, 1.82) is 0 Å². The highest BCUT2D eigenvalue weighted by Gasteiger charge is 2.23. The zero-order chi connectivity index (χ0) is 13.7. The van der Waals surface area contributed by atoms with Gasteiger partial charge >= 0.3 is 5.95 Å². The number of benzene rings is 1. The second-order valence-corrected chi connectivity index (χ2v) is 4.32.